The van der Waals surface area contributed by atoms with Crippen LogP contribution >= 0.6 is 0 Å². The number of halogens is 3. The average molecular weight is 240 g/mol. The molecule has 0 unspecified atom stereocenters. The summed E-state index contributed by atoms with van der Waals surface area (Å²) in [5.41, 5.74) is 0.105. The topological polar surface area (TPSA) is 35.5 Å². The van der Waals surface area contributed by atoms with E-state index < -0.39 is 18.6 Å². The van der Waals surface area contributed by atoms with Crippen molar-refractivity contribution in [3.63, 3.8) is 0 Å². The quantitative estimate of drug-likeness (QED) is 0.389. The van der Waals surface area contributed by atoms with Crippen LogP contribution in [0, 0.1) is 0 Å². The number of esters is 1. The van der Waals surface area contributed by atoms with Gasteiger partial charge in [-0.2, -0.15) is 13.2 Å². The molecule has 0 saturated heterocycles. The Morgan fingerprint density at radius 2 is 2.00 bits per heavy atom. The lowest BCUT2D eigenvalue weighted by Gasteiger charge is -2.08. The zero-order valence-electron chi connectivity index (χ0n) is 9.10. The van der Waals surface area contributed by atoms with E-state index in [0.717, 1.165) is 0 Å². The van der Waals surface area contributed by atoms with Crippen LogP contribution in [-0.4, -0.2) is 32.0 Å². The molecule has 0 aromatic rings. The number of hydrogen-bond donors (Lipinski definition) is 0. The normalized spacial score (nSPS) is 11.2. The summed E-state index contributed by atoms with van der Waals surface area (Å²) in [6, 6.07) is 0. The lowest BCUT2D eigenvalue weighted by molar-refractivity contribution is -0.141. The van der Waals surface area contributed by atoms with Crippen LogP contribution in [0.3, 0.4) is 0 Å². The molecule has 6 heteroatoms. The maximum atomic E-state index is 11.7. The van der Waals surface area contributed by atoms with E-state index in [-0.39, 0.29) is 31.8 Å². The van der Waals surface area contributed by atoms with Gasteiger partial charge in [0, 0.05) is 13.0 Å². The van der Waals surface area contributed by atoms with Gasteiger partial charge in [0.25, 0.3) is 0 Å². The van der Waals surface area contributed by atoms with E-state index >= 15 is 0 Å². The molecule has 0 heterocycles. The first-order valence-electron chi connectivity index (χ1n) is 4.86. The fourth-order valence-corrected chi connectivity index (χ4v) is 0.862. The molecule has 0 N–H and O–H groups in total. The second-order valence-corrected chi connectivity index (χ2v) is 3.10. The monoisotopic (exact) mass is 240 g/mol. The lowest BCUT2D eigenvalue weighted by atomic mass is 10.3. The first-order chi connectivity index (χ1) is 7.37. The van der Waals surface area contributed by atoms with Crippen molar-refractivity contribution in [2.24, 2.45) is 0 Å². The minimum Gasteiger partial charge on any atom is -0.463 e. The van der Waals surface area contributed by atoms with Gasteiger partial charge in [-0.15, -0.1) is 0 Å². The number of carbonyl (C=O) groups is 1. The van der Waals surface area contributed by atoms with Crippen LogP contribution in [0.2, 0.25) is 0 Å². The van der Waals surface area contributed by atoms with Crippen LogP contribution < -0.4 is 0 Å². The minimum absolute atomic E-state index is 0.0576. The fourth-order valence-electron chi connectivity index (χ4n) is 0.862. The van der Waals surface area contributed by atoms with Gasteiger partial charge in [-0.1, -0.05) is 6.58 Å². The van der Waals surface area contributed by atoms with E-state index in [4.69, 9.17) is 4.74 Å². The summed E-state index contributed by atoms with van der Waals surface area (Å²) in [6.45, 7) is 5.12. The summed E-state index contributed by atoms with van der Waals surface area (Å²) in [7, 11) is 0. The molecule has 0 spiro atoms. The van der Waals surface area contributed by atoms with E-state index in [2.05, 4.69) is 11.3 Å². The molecule has 3 nitrogen and oxygen atoms in total. The summed E-state index contributed by atoms with van der Waals surface area (Å²) >= 11 is 0. The number of rotatable bonds is 7. The van der Waals surface area contributed by atoms with E-state index in [9.17, 15) is 18.0 Å². The SMILES string of the molecule is C=C(COCCCC(F)(F)F)C(=O)OCC. The third kappa shape index (κ3) is 8.28. The van der Waals surface area contributed by atoms with Crippen molar-refractivity contribution in [1.29, 1.82) is 0 Å². The largest absolute Gasteiger partial charge is 0.463 e. The highest BCUT2D eigenvalue weighted by molar-refractivity contribution is 5.87. The van der Waals surface area contributed by atoms with Gasteiger partial charge in [0.2, 0.25) is 0 Å². The smallest absolute Gasteiger partial charge is 0.389 e. The van der Waals surface area contributed by atoms with Gasteiger partial charge in [0.1, 0.15) is 0 Å². The molecule has 0 bridgehead atoms. The molecule has 0 rings (SSSR count). The van der Waals surface area contributed by atoms with Crippen molar-refractivity contribution in [3.05, 3.63) is 12.2 Å². The Balaban J connectivity index is 3.52. The first-order valence-corrected chi connectivity index (χ1v) is 4.86. The Morgan fingerprint density at radius 3 is 2.50 bits per heavy atom. The Bertz CT molecular complexity index is 236. The van der Waals surface area contributed by atoms with E-state index in [1.807, 2.05) is 0 Å². The predicted molar refractivity (Wildman–Crippen MR) is 51.9 cm³/mol. The number of alkyl halides is 3. The molecule has 0 aliphatic carbocycles. The summed E-state index contributed by atoms with van der Waals surface area (Å²) in [4.78, 5) is 11.0. The second-order valence-electron chi connectivity index (χ2n) is 3.10. The van der Waals surface area contributed by atoms with Gasteiger partial charge < -0.3 is 9.47 Å². The molecule has 0 aromatic heterocycles. The van der Waals surface area contributed by atoms with E-state index in [0.29, 0.717) is 0 Å². The van der Waals surface area contributed by atoms with Crippen molar-refractivity contribution in [3.8, 4) is 0 Å². The molecule has 94 valence electrons. The van der Waals surface area contributed by atoms with Crippen molar-refractivity contribution in [2.45, 2.75) is 25.9 Å². The maximum absolute atomic E-state index is 11.7. The maximum Gasteiger partial charge on any atom is 0.389 e. The van der Waals surface area contributed by atoms with Gasteiger partial charge in [-0.3, -0.25) is 0 Å². The zero-order valence-corrected chi connectivity index (χ0v) is 9.10. The second kappa shape index (κ2) is 7.27. The van der Waals surface area contributed by atoms with Crippen molar-refractivity contribution < 1.29 is 27.4 Å². The van der Waals surface area contributed by atoms with Crippen LogP contribution in [0.1, 0.15) is 19.8 Å². The lowest BCUT2D eigenvalue weighted by Crippen LogP contribution is -2.13. The molecule has 0 aliphatic heterocycles. The molecule has 16 heavy (non-hydrogen) atoms. The highest BCUT2D eigenvalue weighted by atomic mass is 19.4. The van der Waals surface area contributed by atoms with Crippen LogP contribution in [0.25, 0.3) is 0 Å². The van der Waals surface area contributed by atoms with E-state index in [1.165, 1.54) is 0 Å². The average Bonchev–Trinajstić information content (AvgIpc) is 2.15. The molecular weight excluding hydrogens is 225 g/mol. The minimum atomic E-state index is -4.17. The summed E-state index contributed by atoms with van der Waals surface area (Å²) < 4.78 is 44.6. The van der Waals surface area contributed by atoms with E-state index in [1.54, 1.807) is 6.92 Å². The molecule has 0 aliphatic rings. The Kier molecular flexibility index (Phi) is 6.80. The van der Waals surface area contributed by atoms with Gasteiger partial charge in [-0.05, 0) is 13.3 Å². The van der Waals surface area contributed by atoms with Gasteiger partial charge in [0.15, 0.2) is 0 Å². The standard InChI is InChI=1S/C10H15F3O3/c1-3-16-9(14)8(2)7-15-6-4-5-10(11,12)13/h2-7H2,1H3. The highest BCUT2D eigenvalue weighted by Gasteiger charge is 2.25. The Hall–Kier alpha value is -1.04. The molecule has 0 aromatic carbocycles. The number of carbonyl (C=O) groups excluding carboxylic acids is 1. The van der Waals surface area contributed by atoms with Gasteiger partial charge in [-0.25, -0.2) is 4.79 Å². The van der Waals surface area contributed by atoms with Gasteiger partial charge in [0.05, 0.1) is 18.8 Å². The van der Waals surface area contributed by atoms with Crippen LogP contribution in [0.5, 0.6) is 0 Å². The summed E-state index contributed by atoms with van der Waals surface area (Å²) in [5, 5.41) is 0. The zero-order chi connectivity index (χ0) is 12.6. The third-order valence-electron chi connectivity index (χ3n) is 1.59. The van der Waals surface area contributed by atoms with Crippen LogP contribution in [0.4, 0.5) is 13.2 Å². The predicted octanol–water partition coefficient (Wildman–Crippen LogP) is 2.46. The Labute approximate surface area is 92.2 Å². The molecule has 0 saturated carbocycles. The first kappa shape index (κ1) is 15.0. The molecule has 0 radical (unpaired) electrons. The fraction of sp³-hybridized carbons (Fsp3) is 0.700. The molecule has 0 amide bonds. The van der Waals surface area contributed by atoms with Crippen molar-refractivity contribution >= 4 is 5.97 Å². The van der Waals surface area contributed by atoms with Crippen LogP contribution in [0.15, 0.2) is 12.2 Å². The van der Waals surface area contributed by atoms with Crippen molar-refractivity contribution in [1.82, 2.24) is 0 Å². The number of hydrogen-bond acceptors (Lipinski definition) is 3. The third-order valence-corrected chi connectivity index (χ3v) is 1.59. The number of ether oxygens (including phenoxy) is 2. The molecular formula is C10H15F3O3. The summed E-state index contributed by atoms with van der Waals surface area (Å²) in [5.74, 6) is -0.585. The van der Waals surface area contributed by atoms with Crippen molar-refractivity contribution in [2.75, 3.05) is 19.8 Å². The van der Waals surface area contributed by atoms with Crippen LogP contribution in [-0.2, 0) is 14.3 Å². The molecule has 0 fully saturated rings. The van der Waals surface area contributed by atoms with Gasteiger partial charge >= 0.3 is 12.1 Å². The summed E-state index contributed by atoms with van der Waals surface area (Å²) in [6.07, 6.45) is -5.18. The molecule has 0 atom stereocenters. The highest BCUT2D eigenvalue weighted by Crippen LogP contribution is 2.21. The Morgan fingerprint density at radius 1 is 1.38 bits per heavy atom.